The van der Waals surface area contributed by atoms with E-state index in [-0.39, 0.29) is 17.7 Å². The number of carbonyl (C=O) groups is 1. The summed E-state index contributed by atoms with van der Waals surface area (Å²) >= 11 is 1.47. The molecular weight excluding hydrogens is 411 g/mol. The van der Waals surface area contributed by atoms with Gasteiger partial charge < -0.3 is 9.84 Å². The Hall–Kier alpha value is -1.98. The summed E-state index contributed by atoms with van der Waals surface area (Å²) in [5.74, 6) is -0.0658. The van der Waals surface area contributed by atoms with Gasteiger partial charge in [0.15, 0.2) is 0 Å². The van der Waals surface area contributed by atoms with E-state index in [2.05, 4.69) is 6.92 Å². The van der Waals surface area contributed by atoms with Crippen LogP contribution in [0.2, 0.25) is 0 Å². The zero-order valence-corrected chi connectivity index (χ0v) is 19.3. The van der Waals surface area contributed by atoms with Crippen LogP contribution in [0.25, 0.3) is 5.57 Å². The summed E-state index contributed by atoms with van der Waals surface area (Å²) in [5, 5.41) is 10.4. The van der Waals surface area contributed by atoms with E-state index in [0.717, 1.165) is 72.9 Å². The maximum Gasteiger partial charge on any atom is 0.348 e. The Morgan fingerprint density at radius 3 is 2.68 bits per heavy atom. The van der Waals surface area contributed by atoms with E-state index >= 15 is 0 Å². The molecule has 31 heavy (non-hydrogen) atoms. The first-order valence-corrected chi connectivity index (χ1v) is 12.2. The van der Waals surface area contributed by atoms with Crippen LogP contribution in [-0.2, 0) is 11.2 Å². The van der Waals surface area contributed by atoms with Gasteiger partial charge in [0.2, 0.25) is 0 Å². The van der Waals surface area contributed by atoms with Gasteiger partial charge in [0.1, 0.15) is 10.7 Å². The van der Waals surface area contributed by atoms with Crippen LogP contribution in [0.4, 0.5) is 4.39 Å². The number of thiophene rings is 1. The SMILES string of the molecule is CCCCCC(O)c1ccc(C2=C(F)CCC2CCCc2ccc(C(=O)OC)s2)cc1. The molecule has 1 aromatic carbocycles. The number of aryl methyl sites for hydroxylation is 1. The smallest absolute Gasteiger partial charge is 0.348 e. The zero-order chi connectivity index (χ0) is 22.2. The highest BCUT2D eigenvalue weighted by atomic mass is 32.1. The van der Waals surface area contributed by atoms with Crippen molar-refractivity contribution in [3.8, 4) is 0 Å². The highest BCUT2D eigenvalue weighted by Crippen LogP contribution is 2.42. The number of methoxy groups -OCH3 is 1. The number of rotatable bonds is 11. The largest absolute Gasteiger partial charge is 0.465 e. The van der Waals surface area contributed by atoms with Gasteiger partial charge in [0, 0.05) is 11.3 Å². The van der Waals surface area contributed by atoms with Crippen molar-refractivity contribution in [2.45, 2.75) is 70.8 Å². The first-order valence-electron chi connectivity index (χ1n) is 11.4. The molecule has 0 saturated carbocycles. The molecule has 3 nitrogen and oxygen atoms in total. The minimum absolute atomic E-state index is 0.00495. The van der Waals surface area contributed by atoms with Gasteiger partial charge in [-0.15, -0.1) is 11.3 Å². The van der Waals surface area contributed by atoms with Crippen LogP contribution in [0, 0.1) is 5.92 Å². The average Bonchev–Trinajstić information content (AvgIpc) is 3.40. The number of hydrogen-bond donors (Lipinski definition) is 1. The van der Waals surface area contributed by atoms with Gasteiger partial charge in [-0.1, -0.05) is 50.5 Å². The summed E-state index contributed by atoms with van der Waals surface area (Å²) in [6.07, 6.45) is 7.74. The van der Waals surface area contributed by atoms with Gasteiger partial charge >= 0.3 is 5.97 Å². The summed E-state index contributed by atoms with van der Waals surface area (Å²) < 4.78 is 19.4. The molecule has 168 valence electrons. The number of hydrogen-bond acceptors (Lipinski definition) is 4. The lowest BCUT2D eigenvalue weighted by atomic mass is 9.89. The Labute approximate surface area is 189 Å². The predicted molar refractivity (Wildman–Crippen MR) is 125 cm³/mol. The normalized spacial score (nSPS) is 17.2. The van der Waals surface area contributed by atoms with E-state index in [4.69, 9.17) is 4.74 Å². The first-order chi connectivity index (χ1) is 15.0. The summed E-state index contributed by atoms with van der Waals surface area (Å²) in [5.41, 5.74) is 2.69. The number of carbonyl (C=O) groups excluding carboxylic acids is 1. The zero-order valence-electron chi connectivity index (χ0n) is 18.5. The third-order valence-electron chi connectivity index (χ3n) is 6.12. The fourth-order valence-corrected chi connectivity index (χ4v) is 5.33. The van der Waals surface area contributed by atoms with Crippen LogP contribution >= 0.6 is 11.3 Å². The molecule has 0 bridgehead atoms. The van der Waals surface area contributed by atoms with Crippen molar-refractivity contribution in [2.75, 3.05) is 7.11 Å². The quantitative estimate of drug-likeness (QED) is 0.293. The van der Waals surface area contributed by atoms with E-state index < -0.39 is 6.10 Å². The van der Waals surface area contributed by atoms with Crippen molar-refractivity contribution >= 4 is 22.9 Å². The van der Waals surface area contributed by atoms with Crippen molar-refractivity contribution in [1.82, 2.24) is 0 Å². The molecule has 0 saturated heterocycles. The number of halogens is 1. The molecule has 2 unspecified atom stereocenters. The van der Waals surface area contributed by atoms with Crippen molar-refractivity contribution in [2.24, 2.45) is 5.92 Å². The standard InChI is InChI=1S/C26H33FO3S/c1-3-4-5-9-23(28)18-10-12-20(13-11-18)25-19(14-16-22(25)27)7-6-8-21-15-17-24(31-21)26(29)30-2/h10-13,15,17,19,23,28H,3-9,14,16H2,1-2H3. The van der Waals surface area contributed by atoms with Crippen molar-refractivity contribution in [3.63, 3.8) is 0 Å². The van der Waals surface area contributed by atoms with Crippen LogP contribution < -0.4 is 0 Å². The fourth-order valence-electron chi connectivity index (χ4n) is 4.37. The summed E-state index contributed by atoms with van der Waals surface area (Å²) in [7, 11) is 1.39. The Morgan fingerprint density at radius 2 is 1.97 bits per heavy atom. The molecule has 1 N–H and O–H groups in total. The molecule has 0 radical (unpaired) electrons. The molecule has 2 aromatic rings. The number of unbranched alkanes of at least 4 members (excludes halogenated alkanes) is 2. The lowest BCUT2D eigenvalue weighted by Gasteiger charge is -2.16. The molecule has 0 spiro atoms. The second-order valence-electron chi connectivity index (χ2n) is 8.34. The number of allylic oxidation sites excluding steroid dienone is 2. The predicted octanol–water partition coefficient (Wildman–Crippen LogP) is 7.26. The van der Waals surface area contributed by atoms with E-state index in [0.29, 0.717) is 11.3 Å². The van der Waals surface area contributed by atoms with Gasteiger partial charge in [0.25, 0.3) is 0 Å². The number of aliphatic hydroxyl groups excluding tert-OH is 1. The second-order valence-corrected chi connectivity index (χ2v) is 9.51. The van der Waals surface area contributed by atoms with Gasteiger partial charge in [-0.25, -0.2) is 9.18 Å². The highest BCUT2D eigenvalue weighted by molar-refractivity contribution is 7.13. The Kier molecular flexibility index (Phi) is 8.85. The molecule has 3 rings (SSSR count). The monoisotopic (exact) mass is 444 g/mol. The van der Waals surface area contributed by atoms with Crippen LogP contribution in [0.5, 0.6) is 0 Å². The van der Waals surface area contributed by atoms with Crippen molar-refractivity contribution in [3.05, 3.63) is 63.1 Å². The Balaban J connectivity index is 1.57. The third kappa shape index (κ3) is 6.27. The number of esters is 1. The Bertz CT molecular complexity index is 884. The number of ether oxygens (including phenoxy) is 1. The lowest BCUT2D eigenvalue weighted by molar-refractivity contribution is 0.0606. The summed E-state index contributed by atoms with van der Waals surface area (Å²) in [4.78, 5) is 13.4. The average molecular weight is 445 g/mol. The minimum atomic E-state index is -0.445. The van der Waals surface area contributed by atoms with E-state index in [1.807, 2.05) is 36.4 Å². The van der Waals surface area contributed by atoms with Crippen molar-refractivity contribution < 1.29 is 19.0 Å². The van der Waals surface area contributed by atoms with Crippen molar-refractivity contribution in [1.29, 1.82) is 0 Å². The molecular formula is C26H33FO3S. The molecule has 1 aromatic heterocycles. The molecule has 5 heteroatoms. The van der Waals surface area contributed by atoms with E-state index in [1.54, 1.807) is 0 Å². The molecule has 0 aliphatic heterocycles. The second kappa shape index (κ2) is 11.6. The highest BCUT2D eigenvalue weighted by Gasteiger charge is 2.27. The summed E-state index contributed by atoms with van der Waals surface area (Å²) in [6, 6.07) is 11.6. The fraction of sp³-hybridized carbons (Fsp3) is 0.500. The van der Waals surface area contributed by atoms with Gasteiger partial charge in [-0.2, -0.15) is 0 Å². The lowest BCUT2D eigenvalue weighted by Crippen LogP contribution is -2.02. The minimum Gasteiger partial charge on any atom is -0.465 e. The van der Waals surface area contributed by atoms with Crippen LogP contribution in [0.3, 0.4) is 0 Å². The van der Waals surface area contributed by atoms with Gasteiger partial charge in [-0.3, -0.25) is 0 Å². The topological polar surface area (TPSA) is 46.5 Å². The van der Waals surface area contributed by atoms with Crippen LogP contribution in [-0.4, -0.2) is 18.2 Å². The number of benzene rings is 1. The molecule has 2 atom stereocenters. The van der Waals surface area contributed by atoms with Gasteiger partial charge in [-0.05, 0) is 66.9 Å². The molecule has 0 amide bonds. The first kappa shape index (κ1) is 23.7. The summed E-state index contributed by atoms with van der Waals surface area (Å²) in [6.45, 7) is 2.15. The maximum atomic E-state index is 14.7. The molecule has 0 fully saturated rings. The van der Waals surface area contributed by atoms with E-state index in [9.17, 15) is 14.3 Å². The van der Waals surface area contributed by atoms with E-state index in [1.165, 1.54) is 18.4 Å². The van der Waals surface area contributed by atoms with Crippen LogP contribution in [0.15, 0.2) is 42.2 Å². The number of aliphatic hydroxyl groups is 1. The molecule has 1 heterocycles. The third-order valence-corrected chi connectivity index (χ3v) is 7.25. The molecule has 1 aliphatic rings. The van der Waals surface area contributed by atoms with Gasteiger partial charge in [0.05, 0.1) is 13.2 Å². The Morgan fingerprint density at radius 1 is 1.19 bits per heavy atom. The molecule has 1 aliphatic carbocycles. The maximum absolute atomic E-state index is 14.7. The van der Waals surface area contributed by atoms with Crippen LogP contribution in [0.1, 0.15) is 90.1 Å².